The summed E-state index contributed by atoms with van der Waals surface area (Å²) in [6.07, 6.45) is 7.77. The normalized spacial score (nSPS) is 33.0. The second kappa shape index (κ2) is 8.69. The van der Waals surface area contributed by atoms with Crippen LogP contribution in [0.25, 0.3) is 0 Å². The van der Waals surface area contributed by atoms with Gasteiger partial charge in [-0.2, -0.15) is 0 Å². The minimum atomic E-state index is -0.789. The van der Waals surface area contributed by atoms with Crippen LogP contribution in [0.4, 0.5) is 4.79 Å². The van der Waals surface area contributed by atoms with Crippen molar-refractivity contribution in [2.24, 2.45) is 17.1 Å². The number of amidine groups is 1. The fraction of sp³-hybridized carbons (Fsp3) is 0.731. The van der Waals surface area contributed by atoms with Gasteiger partial charge in [-0.05, 0) is 75.7 Å². The fourth-order valence-corrected chi connectivity index (χ4v) is 7.53. The summed E-state index contributed by atoms with van der Waals surface area (Å²) < 4.78 is 2.42. The molecule has 3 aliphatic carbocycles. The van der Waals surface area contributed by atoms with E-state index in [9.17, 15) is 24.3 Å². The number of nitrogens with two attached hydrogens (primary N) is 1. The van der Waals surface area contributed by atoms with Crippen LogP contribution in [0.3, 0.4) is 0 Å². The number of amides is 3. The number of hydrogen-bond acceptors (Lipinski definition) is 7. The molecule has 12 heteroatoms. The number of urea groups is 1. The lowest BCUT2D eigenvalue weighted by molar-refractivity contribution is -0.150. The highest BCUT2D eigenvalue weighted by Gasteiger charge is 2.68. The molecular weight excluding hydrogens is 490 g/mol. The van der Waals surface area contributed by atoms with E-state index in [1.165, 1.54) is 14.0 Å². The Labute approximate surface area is 220 Å². The molecule has 0 aromatic carbocycles. The van der Waals surface area contributed by atoms with Gasteiger partial charge in [-0.25, -0.2) is 9.59 Å². The minimum absolute atomic E-state index is 0.113. The van der Waals surface area contributed by atoms with Gasteiger partial charge in [0.2, 0.25) is 5.88 Å². The van der Waals surface area contributed by atoms with Crippen LogP contribution in [-0.4, -0.2) is 73.5 Å². The number of imide groups is 1. The summed E-state index contributed by atoms with van der Waals surface area (Å²) >= 11 is 0. The monoisotopic (exact) mass is 527 g/mol. The average molecular weight is 528 g/mol. The van der Waals surface area contributed by atoms with E-state index in [4.69, 9.17) is 11.1 Å². The summed E-state index contributed by atoms with van der Waals surface area (Å²) in [4.78, 5) is 55.9. The number of carbonyl (C=O) groups is 2. The number of rotatable bonds is 6. The van der Waals surface area contributed by atoms with Gasteiger partial charge in [0.25, 0.3) is 11.5 Å². The van der Waals surface area contributed by atoms with E-state index >= 15 is 0 Å². The lowest BCUT2D eigenvalue weighted by Crippen LogP contribution is -2.66. The highest BCUT2D eigenvalue weighted by Crippen LogP contribution is 2.62. The molecule has 12 nitrogen and oxygen atoms in total. The molecule has 6 rings (SSSR count). The zero-order valence-corrected chi connectivity index (χ0v) is 21.9. The Morgan fingerprint density at radius 3 is 2.26 bits per heavy atom. The molecule has 38 heavy (non-hydrogen) atoms. The van der Waals surface area contributed by atoms with E-state index in [1.807, 2.05) is 0 Å². The number of nitrogen functional groups attached to an aromatic ring is 1. The van der Waals surface area contributed by atoms with Crippen molar-refractivity contribution in [3.8, 4) is 5.88 Å². The summed E-state index contributed by atoms with van der Waals surface area (Å²) in [5.74, 6) is -0.938. The number of hydrogen-bond donors (Lipinski definition) is 4. The van der Waals surface area contributed by atoms with Crippen LogP contribution in [-0.2, 0) is 11.3 Å². The van der Waals surface area contributed by atoms with Crippen LogP contribution in [0, 0.1) is 16.7 Å². The molecule has 0 bridgehead atoms. The Kier molecular flexibility index (Phi) is 5.75. The lowest BCUT2D eigenvalue weighted by Gasteiger charge is -2.59. The SMILES string of the molecule is CN1C(=O)N(C[C@@H]2CCN2)C2(CC3(CCC(n4c(=O)c(C(=N)N)c(O)n(CC5CCC5)c4=O)CC3)C2)C1=O. The van der Waals surface area contributed by atoms with Crippen molar-refractivity contribution < 1.29 is 14.7 Å². The van der Waals surface area contributed by atoms with Gasteiger partial charge >= 0.3 is 11.7 Å². The van der Waals surface area contributed by atoms with Gasteiger partial charge in [0.15, 0.2) is 0 Å². The molecule has 3 amide bonds. The number of likely N-dealkylation sites (N-methyl/N-ethyl adjacent to an activating group) is 1. The number of nitrogens with one attached hydrogen (secondary N) is 2. The predicted molar refractivity (Wildman–Crippen MR) is 138 cm³/mol. The maximum atomic E-state index is 13.5. The average Bonchev–Trinajstić information content (AvgIpc) is 2.96. The molecule has 0 radical (unpaired) electrons. The summed E-state index contributed by atoms with van der Waals surface area (Å²) in [6, 6.07) is -0.379. The van der Waals surface area contributed by atoms with E-state index in [0.717, 1.165) is 45.1 Å². The molecule has 1 aromatic rings. The van der Waals surface area contributed by atoms with E-state index in [1.54, 1.807) is 11.9 Å². The van der Waals surface area contributed by atoms with E-state index in [2.05, 4.69) is 5.32 Å². The van der Waals surface area contributed by atoms with Crippen molar-refractivity contribution in [1.82, 2.24) is 24.3 Å². The molecular formula is C26H37N7O5. The highest BCUT2D eigenvalue weighted by atomic mass is 16.3. The van der Waals surface area contributed by atoms with E-state index in [0.29, 0.717) is 38.8 Å². The molecule has 5 aliphatic rings. The molecule has 2 aliphatic heterocycles. The highest BCUT2D eigenvalue weighted by molar-refractivity contribution is 6.07. The molecule has 3 saturated carbocycles. The van der Waals surface area contributed by atoms with Crippen LogP contribution in [0.2, 0.25) is 0 Å². The number of aromatic nitrogens is 2. The smallest absolute Gasteiger partial charge is 0.334 e. The predicted octanol–water partition coefficient (Wildman–Crippen LogP) is 0.690. The quantitative estimate of drug-likeness (QED) is 0.240. The topological polar surface area (TPSA) is 167 Å². The van der Waals surface area contributed by atoms with Gasteiger partial charge in [-0.15, -0.1) is 0 Å². The van der Waals surface area contributed by atoms with Gasteiger partial charge < -0.3 is 21.1 Å². The summed E-state index contributed by atoms with van der Waals surface area (Å²) in [6.45, 7) is 1.77. The number of nitrogens with zero attached hydrogens (tertiary/aromatic N) is 4. The third-order valence-electron chi connectivity index (χ3n) is 10.1. The van der Waals surface area contributed by atoms with E-state index in [-0.39, 0.29) is 40.9 Å². The Morgan fingerprint density at radius 2 is 1.74 bits per heavy atom. The standard InChI is InChI=1S/C26H37N7O5/c1-30-22(36)26(32(23(30)37)12-16-7-10-29-16)13-25(14-26)8-5-17(6-9-25)33-21(35)18(19(27)28)20(34)31(24(33)38)11-15-3-2-4-15/h15-17,29,34H,2-14H2,1H3,(H3,27,28)/t16-,17?,25?,26?/m0/s1. The first-order valence-electron chi connectivity index (χ1n) is 13.8. The van der Waals surface area contributed by atoms with Crippen molar-refractivity contribution in [1.29, 1.82) is 5.41 Å². The maximum absolute atomic E-state index is 13.5. The zero-order valence-electron chi connectivity index (χ0n) is 21.9. The third kappa shape index (κ3) is 3.55. The van der Waals surface area contributed by atoms with Crippen LogP contribution >= 0.6 is 0 Å². The second-order valence-electron chi connectivity index (χ2n) is 12.3. The summed E-state index contributed by atoms with van der Waals surface area (Å²) in [5.41, 5.74) is 3.19. The molecule has 1 aromatic heterocycles. The largest absolute Gasteiger partial charge is 0.494 e. The summed E-state index contributed by atoms with van der Waals surface area (Å²) in [5, 5.41) is 21.9. The molecule has 5 N–H and O–H groups in total. The van der Waals surface area contributed by atoms with Crippen molar-refractivity contribution in [3.05, 3.63) is 26.4 Å². The number of aromatic hydroxyl groups is 1. The van der Waals surface area contributed by atoms with Crippen molar-refractivity contribution >= 4 is 17.8 Å². The van der Waals surface area contributed by atoms with Gasteiger partial charge in [0.1, 0.15) is 16.9 Å². The molecule has 5 fully saturated rings. The number of carbonyl (C=O) groups excluding carboxylic acids is 2. The van der Waals surface area contributed by atoms with Gasteiger partial charge in [-0.1, -0.05) is 6.42 Å². The molecule has 206 valence electrons. The first-order valence-corrected chi connectivity index (χ1v) is 13.8. The van der Waals surface area contributed by atoms with Crippen LogP contribution in [0.5, 0.6) is 5.88 Å². The molecule has 2 spiro atoms. The zero-order chi connectivity index (χ0) is 27.0. The van der Waals surface area contributed by atoms with E-state index < -0.39 is 28.5 Å². The van der Waals surface area contributed by atoms with Crippen LogP contribution in [0.1, 0.15) is 75.8 Å². The second-order valence-corrected chi connectivity index (χ2v) is 12.3. The van der Waals surface area contributed by atoms with Crippen LogP contribution < -0.4 is 22.3 Å². The lowest BCUT2D eigenvalue weighted by atomic mass is 9.51. The van der Waals surface area contributed by atoms with Crippen molar-refractivity contribution in [2.45, 2.75) is 88.4 Å². The first-order chi connectivity index (χ1) is 18.1. The van der Waals surface area contributed by atoms with Crippen molar-refractivity contribution in [2.75, 3.05) is 20.1 Å². The van der Waals surface area contributed by atoms with Crippen molar-refractivity contribution in [3.63, 3.8) is 0 Å². The Hall–Kier alpha value is -3.15. The Morgan fingerprint density at radius 1 is 1.08 bits per heavy atom. The van der Waals surface area contributed by atoms with Gasteiger partial charge in [0.05, 0.1) is 0 Å². The summed E-state index contributed by atoms with van der Waals surface area (Å²) in [7, 11) is 1.56. The van der Waals surface area contributed by atoms with Gasteiger partial charge in [-0.3, -0.25) is 29.0 Å². The molecule has 2 saturated heterocycles. The molecule has 3 heterocycles. The van der Waals surface area contributed by atoms with Crippen LogP contribution in [0.15, 0.2) is 9.59 Å². The Bertz CT molecular complexity index is 1310. The molecule has 0 unspecified atom stereocenters. The Balaban J connectivity index is 1.23. The minimum Gasteiger partial charge on any atom is -0.494 e. The van der Waals surface area contributed by atoms with Gasteiger partial charge in [0, 0.05) is 32.2 Å². The molecule has 1 atom stereocenters. The fourth-order valence-electron chi connectivity index (χ4n) is 7.53. The maximum Gasteiger partial charge on any atom is 0.334 e. The third-order valence-corrected chi connectivity index (χ3v) is 10.1. The first kappa shape index (κ1) is 25.1.